The van der Waals surface area contributed by atoms with Crippen molar-refractivity contribution in [2.24, 2.45) is 0 Å². The summed E-state index contributed by atoms with van der Waals surface area (Å²) < 4.78 is 4.66. The van der Waals surface area contributed by atoms with Crippen molar-refractivity contribution < 1.29 is 14.3 Å². The summed E-state index contributed by atoms with van der Waals surface area (Å²) in [6, 6.07) is -0.401. The van der Waals surface area contributed by atoms with Crippen LogP contribution in [0.4, 0.5) is 0 Å². The number of carbonyl (C=O) groups is 2. The SMILES string of the molecule is CC.CCC(=O)NC1CCOC1=O. The minimum absolute atomic E-state index is 0.103. The number of ether oxygens (including phenoxy) is 1. The highest BCUT2D eigenvalue weighted by atomic mass is 16.5. The molecule has 0 aromatic rings. The van der Waals surface area contributed by atoms with Crippen LogP contribution in [0.3, 0.4) is 0 Å². The van der Waals surface area contributed by atoms with Crippen molar-refractivity contribution in [1.29, 1.82) is 0 Å². The van der Waals surface area contributed by atoms with Gasteiger partial charge in [0.2, 0.25) is 5.91 Å². The average Bonchev–Trinajstić information content (AvgIpc) is 2.55. The van der Waals surface area contributed by atoms with Crippen LogP contribution in [0.5, 0.6) is 0 Å². The maximum absolute atomic E-state index is 10.8. The van der Waals surface area contributed by atoms with Crippen LogP contribution >= 0.6 is 0 Å². The quantitative estimate of drug-likeness (QED) is 0.652. The third kappa shape index (κ3) is 3.92. The van der Waals surface area contributed by atoms with Gasteiger partial charge in [0.15, 0.2) is 0 Å². The van der Waals surface area contributed by atoms with Crippen molar-refractivity contribution in [3.63, 3.8) is 0 Å². The van der Waals surface area contributed by atoms with E-state index >= 15 is 0 Å². The third-order valence-electron chi connectivity index (χ3n) is 1.59. The van der Waals surface area contributed by atoms with Crippen molar-refractivity contribution >= 4 is 11.9 Å². The van der Waals surface area contributed by atoms with E-state index in [0.29, 0.717) is 19.4 Å². The predicted octanol–water partition coefficient (Wildman–Crippen LogP) is 0.854. The number of amides is 1. The number of hydrogen-bond donors (Lipinski definition) is 1. The van der Waals surface area contributed by atoms with Gasteiger partial charge in [0, 0.05) is 12.8 Å². The molecule has 1 atom stereocenters. The molecule has 4 heteroatoms. The summed E-state index contributed by atoms with van der Waals surface area (Å²) in [5, 5.41) is 2.56. The zero-order chi connectivity index (χ0) is 10.3. The van der Waals surface area contributed by atoms with Gasteiger partial charge in [-0.25, -0.2) is 4.79 Å². The van der Waals surface area contributed by atoms with E-state index in [4.69, 9.17) is 0 Å². The Morgan fingerprint density at radius 3 is 2.62 bits per heavy atom. The Labute approximate surface area is 78.6 Å². The standard InChI is InChI=1S/C7H11NO3.C2H6/c1-2-6(9)8-5-3-4-11-7(5)10;1-2/h5H,2-4H2,1H3,(H,8,9);1-2H3. The van der Waals surface area contributed by atoms with E-state index in [0.717, 1.165) is 0 Å². The van der Waals surface area contributed by atoms with Gasteiger partial charge in [-0.2, -0.15) is 0 Å². The molecular formula is C9H17NO3. The zero-order valence-electron chi connectivity index (χ0n) is 8.42. The second-order valence-corrected chi connectivity index (χ2v) is 2.43. The zero-order valence-corrected chi connectivity index (χ0v) is 8.42. The summed E-state index contributed by atoms with van der Waals surface area (Å²) in [6.45, 7) is 6.17. The van der Waals surface area contributed by atoms with Crippen molar-refractivity contribution in [3.05, 3.63) is 0 Å². The molecule has 1 unspecified atom stereocenters. The molecule has 1 saturated heterocycles. The Hall–Kier alpha value is -1.06. The smallest absolute Gasteiger partial charge is 0.328 e. The summed E-state index contributed by atoms with van der Waals surface area (Å²) in [5.74, 6) is -0.416. The lowest BCUT2D eigenvalue weighted by Crippen LogP contribution is -2.37. The van der Waals surface area contributed by atoms with Gasteiger partial charge < -0.3 is 10.1 Å². The predicted molar refractivity (Wildman–Crippen MR) is 49.1 cm³/mol. The van der Waals surface area contributed by atoms with Crippen LogP contribution in [0.15, 0.2) is 0 Å². The second kappa shape index (κ2) is 6.46. The first-order valence-corrected chi connectivity index (χ1v) is 4.70. The summed E-state index contributed by atoms with van der Waals surface area (Å²) in [6.07, 6.45) is 1.01. The van der Waals surface area contributed by atoms with E-state index in [2.05, 4.69) is 10.1 Å². The fourth-order valence-electron chi connectivity index (χ4n) is 0.923. The van der Waals surface area contributed by atoms with E-state index in [1.165, 1.54) is 0 Å². The summed E-state index contributed by atoms with van der Waals surface area (Å²) in [5.41, 5.74) is 0. The molecule has 1 fully saturated rings. The van der Waals surface area contributed by atoms with E-state index in [1.54, 1.807) is 6.92 Å². The van der Waals surface area contributed by atoms with Crippen LogP contribution in [0.25, 0.3) is 0 Å². The van der Waals surface area contributed by atoms with Gasteiger partial charge in [-0.3, -0.25) is 4.79 Å². The lowest BCUT2D eigenvalue weighted by Gasteiger charge is -2.05. The lowest BCUT2D eigenvalue weighted by molar-refractivity contribution is -0.141. The molecule has 13 heavy (non-hydrogen) atoms. The average molecular weight is 187 g/mol. The molecule has 4 nitrogen and oxygen atoms in total. The van der Waals surface area contributed by atoms with Crippen LogP contribution in [-0.4, -0.2) is 24.5 Å². The monoisotopic (exact) mass is 187 g/mol. The van der Waals surface area contributed by atoms with Crippen LogP contribution in [0, 0.1) is 0 Å². The molecule has 1 rings (SSSR count). The fourth-order valence-corrected chi connectivity index (χ4v) is 0.923. The highest BCUT2D eigenvalue weighted by Gasteiger charge is 2.27. The van der Waals surface area contributed by atoms with Gasteiger partial charge in [-0.15, -0.1) is 0 Å². The van der Waals surface area contributed by atoms with Gasteiger partial charge in [0.25, 0.3) is 0 Å². The van der Waals surface area contributed by atoms with E-state index in [9.17, 15) is 9.59 Å². The number of esters is 1. The largest absolute Gasteiger partial charge is 0.464 e. The van der Waals surface area contributed by atoms with Crippen LogP contribution in [0.2, 0.25) is 0 Å². The molecule has 76 valence electrons. The second-order valence-electron chi connectivity index (χ2n) is 2.43. The molecule has 0 radical (unpaired) electrons. The molecule has 0 aromatic heterocycles. The first-order valence-electron chi connectivity index (χ1n) is 4.70. The molecule has 0 aliphatic carbocycles. The highest BCUT2D eigenvalue weighted by Crippen LogP contribution is 2.05. The van der Waals surface area contributed by atoms with Crippen LogP contribution in [0.1, 0.15) is 33.6 Å². The molecule has 1 heterocycles. The topological polar surface area (TPSA) is 55.4 Å². The van der Waals surface area contributed by atoms with E-state index in [1.807, 2.05) is 13.8 Å². The van der Waals surface area contributed by atoms with Crippen LogP contribution in [-0.2, 0) is 14.3 Å². The van der Waals surface area contributed by atoms with Gasteiger partial charge >= 0.3 is 5.97 Å². The van der Waals surface area contributed by atoms with Crippen molar-refractivity contribution in [1.82, 2.24) is 5.32 Å². The number of rotatable bonds is 2. The maximum atomic E-state index is 10.8. The number of cyclic esters (lactones) is 1. The first-order chi connectivity index (χ1) is 6.24. The minimum Gasteiger partial charge on any atom is -0.464 e. The van der Waals surface area contributed by atoms with Crippen molar-refractivity contribution in [2.75, 3.05) is 6.61 Å². The fraction of sp³-hybridized carbons (Fsp3) is 0.778. The van der Waals surface area contributed by atoms with Crippen molar-refractivity contribution in [3.8, 4) is 0 Å². The summed E-state index contributed by atoms with van der Waals surface area (Å²) in [4.78, 5) is 21.6. The summed E-state index contributed by atoms with van der Waals surface area (Å²) in [7, 11) is 0. The Morgan fingerprint density at radius 2 is 2.23 bits per heavy atom. The number of carbonyl (C=O) groups excluding carboxylic acids is 2. The lowest BCUT2D eigenvalue weighted by atomic mass is 10.2. The number of nitrogens with one attached hydrogen (secondary N) is 1. The summed E-state index contributed by atoms with van der Waals surface area (Å²) >= 11 is 0. The van der Waals surface area contributed by atoms with Gasteiger partial charge in [0.1, 0.15) is 6.04 Å². The van der Waals surface area contributed by atoms with E-state index < -0.39 is 6.04 Å². The normalized spacial score (nSPS) is 19.9. The van der Waals surface area contributed by atoms with Crippen LogP contribution < -0.4 is 5.32 Å². The van der Waals surface area contributed by atoms with Gasteiger partial charge in [-0.05, 0) is 0 Å². The molecule has 0 spiro atoms. The molecule has 0 saturated carbocycles. The van der Waals surface area contributed by atoms with Crippen molar-refractivity contribution in [2.45, 2.75) is 39.7 Å². The Balaban J connectivity index is 0.000000671. The molecule has 1 aliphatic heterocycles. The first kappa shape index (κ1) is 11.9. The molecule has 0 bridgehead atoms. The molecule has 1 amide bonds. The Bertz CT molecular complexity index is 180. The number of hydrogen-bond acceptors (Lipinski definition) is 3. The molecule has 1 aliphatic rings. The third-order valence-corrected chi connectivity index (χ3v) is 1.59. The minimum atomic E-state index is -0.401. The van der Waals surface area contributed by atoms with E-state index in [-0.39, 0.29) is 11.9 Å². The van der Waals surface area contributed by atoms with Gasteiger partial charge in [-0.1, -0.05) is 20.8 Å². The molecule has 1 N–H and O–H groups in total. The molecular weight excluding hydrogens is 170 g/mol. The Morgan fingerprint density at radius 1 is 1.62 bits per heavy atom. The highest BCUT2D eigenvalue weighted by molar-refractivity contribution is 5.85. The Kier molecular flexibility index (Phi) is 5.93. The maximum Gasteiger partial charge on any atom is 0.328 e. The molecule has 0 aromatic carbocycles. The van der Waals surface area contributed by atoms with Gasteiger partial charge in [0.05, 0.1) is 6.61 Å².